The fraction of sp³-hybridized carbons (Fsp3) is 0.741. The molecule has 0 spiro atoms. The second kappa shape index (κ2) is 20.2. The largest absolute Gasteiger partial charge is 0.370 e. The number of rotatable bonds is 22. The summed E-state index contributed by atoms with van der Waals surface area (Å²) >= 11 is 0. The summed E-state index contributed by atoms with van der Waals surface area (Å²) in [6, 6.07) is -5.87. The number of nitrogens with two attached hydrogens (primary N) is 5. The molecule has 0 aromatic rings. The lowest BCUT2D eigenvalue weighted by Gasteiger charge is -2.30. The van der Waals surface area contributed by atoms with Gasteiger partial charge in [0.05, 0.1) is 12.5 Å². The van der Waals surface area contributed by atoms with Crippen molar-refractivity contribution in [3.63, 3.8) is 0 Å². The van der Waals surface area contributed by atoms with Crippen LogP contribution in [0.15, 0.2) is 0 Å². The molecule has 0 saturated heterocycles. The Hall–Kier alpha value is -3.79. The minimum atomic E-state index is -1.46. The van der Waals surface area contributed by atoms with Crippen molar-refractivity contribution in [3.8, 4) is 0 Å². The molecule has 7 amide bonds. The average molecular weight is 614 g/mol. The summed E-state index contributed by atoms with van der Waals surface area (Å²) < 4.78 is 0. The number of amides is 7. The van der Waals surface area contributed by atoms with Crippen molar-refractivity contribution >= 4 is 41.4 Å². The second-order valence-electron chi connectivity index (χ2n) is 10.8. The lowest BCUT2D eigenvalue weighted by atomic mass is 9.94. The van der Waals surface area contributed by atoms with Crippen LogP contribution in [-0.4, -0.2) is 78.1 Å². The third kappa shape index (κ3) is 14.8. The minimum absolute atomic E-state index is 0.0130. The number of hydrogen-bond donors (Lipinski definition) is 9. The molecule has 0 fully saturated rings. The van der Waals surface area contributed by atoms with E-state index >= 15 is 0 Å². The zero-order valence-corrected chi connectivity index (χ0v) is 25.6. The smallest absolute Gasteiger partial charge is 0.243 e. The number of hydrogen-bond acceptors (Lipinski definition) is 9. The molecule has 0 aliphatic carbocycles. The molecule has 246 valence electrons. The summed E-state index contributed by atoms with van der Waals surface area (Å²) in [6.45, 7) is 7.41. The second-order valence-corrected chi connectivity index (χ2v) is 10.8. The Morgan fingerprint density at radius 3 is 1.56 bits per heavy atom. The topological polar surface area (TPSA) is 298 Å². The van der Waals surface area contributed by atoms with E-state index in [4.69, 9.17) is 28.7 Å². The van der Waals surface area contributed by atoms with Crippen LogP contribution in [0, 0.1) is 11.8 Å². The predicted octanol–water partition coefficient (Wildman–Crippen LogP) is -2.90. The molecule has 7 atom stereocenters. The first-order valence-electron chi connectivity index (χ1n) is 14.6. The van der Waals surface area contributed by atoms with E-state index < -0.39 is 83.9 Å². The molecular formula is C27H51N9O7. The molecular weight excluding hydrogens is 562 g/mol. The number of carbonyl (C=O) groups excluding carboxylic acids is 7. The van der Waals surface area contributed by atoms with Crippen LogP contribution in [0.1, 0.15) is 79.1 Å². The average Bonchev–Trinajstić information content (AvgIpc) is 2.94. The predicted molar refractivity (Wildman–Crippen MR) is 159 cm³/mol. The highest BCUT2D eigenvalue weighted by Crippen LogP contribution is 2.13. The van der Waals surface area contributed by atoms with Gasteiger partial charge in [-0.15, -0.1) is 0 Å². The Kier molecular flexibility index (Phi) is 18.4. The van der Waals surface area contributed by atoms with Gasteiger partial charge in [0.1, 0.15) is 24.2 Å². The molecule has 16 nitrogen and oxygen atoms in total. The van der Waals surface area contributed by atoms with Crippen molar-refractivity contribution < 1.29 is 33.6 Å². The maximum atomic E-state index is 13.4. The van der Waals surface area contributed by atoms with E-state index in [9.17, 15) is 33.6 Å². The Bertz CT molecular complexity index is 978. The summed E-state index contributed by atoms with van der Waals surface area (Å²) in [5.74, 6) is -6.10. The first-order valence-corrected chi connectivity index (χ1v) is 14.6. The van der Waals surface area contributed by atoms with Crippen LogP contribution < -0.4 is 49.9 Å². The van der Waals surface area contributed by atoms with Gasteiger partial charge in [0, 0.05) is 6.42 Å². The zero-order chi connectivity index (χ0) is 33.3. The van der Waals surface area contributed by atoms with Gasteiger partial charge in [0.25, 0.3) is 0 Å². The summed E-state index contributed by atoms with van der Waals surface area (Å²) in [6.07, 6.45) is 1.52. The van der Waals surface area contributed by atoms with E-state index in [1.54, 1.807) is 20.8 Å². The molecule has 0 saturated carbocycles. The van der Waals surface area contributed by atoms with E-state index in [0.29, 0.717) is 32.2 Å². The minimum Gasteiger partial charge on any atom is -0.370 e. The van der Waals surface area contributed by atoms with Crippen LogP contribution in [0.4, 0.5) is 0 Å². The number of carbonyl (C=O) groups is 7. The van der Waals surface area contributed by atoms with Gasteiger partial charge in [0.15, 0.2) is 0 Å². The fourth-order valence-corrected chi connectivity index (χ4v) is 4.06. The van der Waals surface area contributed by atoms with Crippen LogP contribution in [0.3, 0.4) is 0 Å². The van der Waals surface area contributed by atoms with Crippen molar-refractivity contribution in [1.82, 2.24) is 21.3 Å². The third-order valence-electron chi connectivity index (χ3n) is 7.27. The van der Waals surface area contributed by atoms with E-state index in [2.05, 4.69) is 21.3 Å². The van der Waals surface area contributed by atoms with Gasteiger partial charge >= 0.3 is 0 Å². The summed E-state index contributed by atoms with van der Waals surface area (Å²) in [4.78, 5) is 87.2. The first-order chi connectivity index (χ1) is 20.1. The molecule has 0 aromatic carbocycles. The van der Waals surface area contributed by atoms with E-state index in [1.807, 2.05) is 6.92 Å². The SMILES string of the molecule is CC[C@@H](C)[C@H](NC(=O)[C@@H](N)CCC(N)=O)C(=O)N[C@H](C(=O)N[C@@H](CC(N)=O)C(=O)N[C@@H](CCCCN)C(N)=O)[C@@H](C)CC. The molecule has 0 unspecified atom stereocenters. The maximum Gasteiger partial charge on any atom is 0.243 e. The normalized spacial score (nSPS) is 15.9. The van der Waals surface area contributed by atoms with Gasteiger partial charge in [-0.3, -0.25) is 33.6 Å². The van der Waals surface area contributed by atoms with Crippen LogP contribution >= 0.6 is 0 Å². The summed E-state index contributed by atoms with van der Waals surface area (Å²) in [5.41, 5.74) is 27.2. The Morgan fingerprint density at radius 1 is 0.628 bits per heavy atom. The molecule has 0 rings (SSSR count). The van der Waals surface area contributed by atoms with Crippen LogP contribution in [0.2, 0.25) is 0 Å². The number of nitrogens with one attached hydrogen (secondary N) is 4. The molecule has 14 N–H and O–H groups in total. The molecule has 0 aromatic heterocycles. The van der Waals surface area contributed by atoms with Crippen LogP contribution in [-0.2, 0) is 33.6 Å². The summed E-state index contributed by atoms with van der Waals surface area (Å²) in [7, 11) is 0. The summed E-state index contributed by atoms with van der Waals surface area (Å²) in [5, 5.41) is 10.2. The van der Waals surface area contributed by atoms with Gasteiger partial charge in [-0.1, -0.05) is 40.5 Å². The highest BCUT2D eigenvalue weighted by Gasteiger charge is 2.35. The number of unbranched alkanes of at least 4 members (excludes halogenated alkanes) is 1. The van der Waals surface area contributed by atoms with Gasteiger partial charge in [-0.2, -0.15) is 0 Å². The van der Waals surface area contributed by atoms with E-state index in [1.165, 1.54) is 0 Å². The molecule has 0 aliphatic heterocycles. The highest BCUT2D eigenvalue weighted by atomic mass is 16.2. The first kappa shape index (κ1) is 39.2. The monoisotopic (exact) mass is 613 g/mol. The van der Waals surface area contributed by atoms with Crippen LogP contribution in [0.5, 0.6) is 0 Å². The van der Waals surface area contributed by atoms with Gasteiger partial charge in [-0.05, 0) is 44.1 Å². The molecule has 0 aliphatic rings. The molecule has 0 heterocycles. The van der Waals surface area contributed by atoms with Gasteiger partial charge < -0.3 is 49.9 Å². The van der Waals surface area contributed by atoms with Crippen molar-refractivity contribution in [2.45, 2.75) is 109 Å². The Balaban J connectivity index is 5.90. The Morgan fingerprint density at radius 2 is 1.12 bits per heavy atom. The lowest BCUT2D eigenvalue weighted by Crippen LogP contribution is -2.61. The standard InChI is InChI=1S/C27H51N9O7/c1-5-14(3)21(36-27(43)22(15(4)6-2)35-24(40)16(29)10-11-19(30)37)26(42)34-18(13-20(31)38)25(41)33-17(23(32)39)9-7-8-12-28/h14-18,21-22H,5-13,28-29H2,1-4H3,(H2,30,37)(H2,31,38)(H2,32,39)(H,33,41)(H,34,42)(H,35,40)(H,36,43)/t14-,15+,16-,17-,18-,21-,22-/m0/s1. The van der Waals surface area contributed by atoms with E-state index in [0.717, 1.165) is 0 Å². The lowest BCUT2D eigenvalue weighted by molar-refractivity contribution is -0.136. The molecule has 0 bridgehead atoms. The fourth-order valence-electron chi connectivity index (χ4n) is 4.06. The molecule has 0 radical (unpaired) electrons. The maximum absolute atomic E-state index is 13.4. The third-order valence-corrected chi connectivity index (χ3v) is 7.27. The molecule has 43 heavy (non-hydrogen) atoms. The quantitative estimate of drug-likeness (QED) is 0.0565. The van der Waals surface area contributed by atoms with Crippen molar-refractivity contribution in [2.75, 3.05) is 6.54 Å². The van der Waals surface area contributed by atoms with Crippen molar-refractivity contribution in [3.05, 3.63) is 0 Å². The van der Waals surface area contributed by atoms with E-state index in [-0.39, 0.29) is 25.2 Å². The molecule has 16 heteroatoms. The van der Waals surface area contributed by atoms with Crippen molar-refractivity contribution in [2.24, 2.45) is 40.5 Å². The zero-order valence-electron chi connectivity index (χ0n) is 25.6. The van der Waals surface area contributed by atoms with Gasteiger partial charge in [0.2, 0.25) is 41.4 Å². The Labute approximate surface area is 252 Å². The van der Waals surface area contributed by atoms with Crippen LogP contribution in [0.25, 0.3) is 0 Å². The van der Waals surface area contributed by atoms with Crippen molar-refractivity contribution in [1.29, 1.82) is 0 Å². The highest BCUT2D eigenvalue weighted by molar-refractivity contribution is 5.97. The number of primary amides is 3. The van der Waals surface area contributed by atoms with Gasteiger partial charge in [-0.25, -0.2) is 0 Å².